The highest BCUT2D eigenvalue weighted by Crippen LogP contribution is 2.52. The number of amides is 2. The summed E-state index contributed by atoms with van der Waals surface area (Å²) in [5, 5.41) is 9.20. The molecule has 142 valence electrons. The number of esters is 1. The number of rotatable bonds is 2. The fourth-order valence-electron chi connectivity index (χ4n) is 4.81. The number of ether oxygens (including phenoxy) is 1. The molecule has 0 saturated carbocycles. The number of carboxylic acid groups (broad SMARTS) is 1. The summed E-state index contributed by atoms with van der Waals surface area (Å²) in [6, 6.07) is 0. The van der Waals surface area contributed by atoms with E-state index in [4.69, 9.17) is 4.74 Å². The number of carbonyl (C=O) groups excluding carboxylic acids is 2. The Balaban J connectivity index is 2.03. The van der Waals surface area contributed by atoms with Crippen LogP contribution in [0, 0.1) is 5.41 Å². The number of hydrogen-bond acceptors (Lipinski definition) is 4. The lowest BCUT2D eigenvalue weighted by atomic mass is 9.76. The number of cyclic esters (lactones) is 1. The van der Waals surface area contributed by atoms with Gasteiger partial charge >= 0.3 is 18.0 Å². The molecule has 2 amide bonds. The van der Waals surface area contributed by atoms with Crippen molar-refractivity contribution in [2.24, 2.45) is 5.41 Å². The molecule has 1 unspecified atom stereocenters. The molecule has 26 heavy (non-hydrogen) atoms. The van der Waals surface area contributed by atoms with E-state index in [1.807, 2.05) is 20.8 Å². The number of carbonyl (C=O) groups is 3. The molecule has 1 spiro atoms. The largest absolute Gasteiger partial charge is 0.465 e. The summed E-state index contributed by atoms with van der Waals surface area (Å²) >= 11 is 0. The molecule has 3 heterocycles. The van der Waals surface area contributed by atoms with Crippen molar-refractivity contribution in [2.75, 3.05) is 26.2 Å². The molecule has 0 aliphatic carbocycles. The minimum Gasteiger partial charge on any atom is -0.465 e. The van der Waals surface area contributed by atoms with Gasteiger partial charge in [-0.15, -0.1) is 0 Å². The zero-order valence-electron chi connectivity index (χ0n) is 15.7. The number of nitrogens with zero attached hydrogens (tertiary/aromatic N) is 2. The first-order valence-electron chi connectivity index (χ1n) is 9.03. The lowest BCUT2D eigenvalue weighted by Gasteiger charge is -2.45. The molecule has 1 atom stereocenters. The predicted octanol–water partition coefficient (Wildman–Crippen LogP) is 2.29. The van der Waals surface area contributed by atoms with Crippen molar-refractivity contribution >= 4 is 18.0 Å². The Kier molecular flexibility index (Phi) is 4.26. The van der Waals surface area contributed by atoms with Crippen LogP contribution in [0.4, 0.5) is 4.79 Å². The molecule has 2 saturated heterocycles. The summed E-state index contributed by atoms with van der Waals surface area (Å²) in [5.41, 5.74) is 0.111. The Hall–Kier alpha value is -2.15. The number of likely N-dealkylation sites (tertiary alicyclic amines) is 2. The van der Waals surface area contributed by atoms with Crippen LogP contribution in [-0.4, -0.2) is 64.2 Å². The second-order valence-electron chi connectivity index (χ2n) is 8.45. The van der Waals surface area contributed by atoms with Gasteiger partial charge < -0.3 is 14.7 Å². The van der Waals surface area contributed by atoms with Crippen LogP contribution in [0.2, 0.25) is 0 Å². The van der Waals surface area contributed by atoms with Gasteiger partial charge in [-0.3, -0.25) is 0 Å². The fourth-order valence-corrected chi connectivity index (χ4v) is 4.81. The van der Waals surface area contributed by atoms with E-state index in [0.717, 1.165) is 0 Å². The Morgan fingerprint density at radius 2 is 1.88 bits per heavy atom. The van der Waals surface area contributed by atoms with E-state index in [-0.39, 0.29) is 17.0 Å². The van der Waals surface area contributed by atoms with E-state index in [9.17, 15) is 19.5 Å². The number of hydrogen-bond donors (Lipinski definition) is 1. The Labute approximate surface area is 153 Å². The molecule has 1 N–H and O–H groups in total. The Bertz CT molecular complexity index is 710. The van der Waals surface area contributed by atoms with Gasteiger partial charge in [0.05, 0.1) is 12.0 Å². The van der Waals surface area contributed by atoms with Crippen LogP contribution >= 0.6 is 0 Å². The van der Waals surface area contributed by atoms with Crippen molar-refractivity contribution in [3.63, 3.8) is 0 Å². The van der Waals surface area contributed by atoms with Crippen molar-refractivity contribution in [2.45, 2.75) is 45.6 Å². The van der Waals surface area contributed by atoms with Gasteiger partial charge in [0, 0.05) is 19.5 Å². The van der Waals surface area contributed by atoms with Crippen LogP contribution in [0.5, 0.6) is 0 Å². The smallest absolute Gasteiger partial charge is 0.407 e. The van der Waals surface area contributed by atoms with Crippen LogP contribution in [0.3, 0.4) is 0 Å². The molecular formula is C19H27N2O5+. The molecule has 7 heteroatoms. The second-order valence-corrected chi connectivity index (χ2v) is 8.45. The number of piperidine rings is 1. The summed E-state index contributed by atoms with van der Waals surface area (Å²) in [6.45, 7) is 11.2. The maximum Gasteiger partial charge on any atom is 0.407 e. The fraction of sp³-hybridized carbons (Fsp3) is 0.632. The van der Waals surface area contributed by atoms with Gasteiger partial charge in [-0.1, -0.05) is 6.58 Å². The van der Waals surface area contributed by atoms with Crippen molar-refractivity contribution in [1.82, 2.24) is 4.90 Å². The quantitative estimate of drug-likeness (QED) is 0.601. The van der Waals surface area contributed by atoms with Crippen molar-refractivity contribution in [3.05, 3.63) is 23.9 Å². The highest BCUT2D eigenvalue weighted by molar-refractivity contribution is 5.95. The van der Waals surface area contributed by atoms with E-state index in [0.29, 0.717) is 50.2 Å². The van der Waals surface area contributed by atoms with Crippen molar-refractivity contribution < 1.29 is 28.7 Å². The summed E-state index contributed by atoms with van der Waals surface area (Å²) in [4.78, 5) is 38.5. The third-order valence-electron chi connectivity index (χ3n) is 6.40. The normalized spacial score (nSPS) is 28.7. The van der Waals surface area contributed by atoms with E-state index in [1.54, 1.807) is 0 Å². The summed E-state index contributed by atoms with van der Waals surface area (Å²) in [5.74, 6) is -0.339. The first-order chi connectivity index (χ1) is 12.1. The molecule has 0 aromatic heterocycles. The third-order valence-corrected chi connectivity index (χ3v) is 6.40. The van der Waals surface area contributed by atoms with Crippen LogP contribution < -0.4 is 0 Å². The molecule has 0 aromatic carbocycles. The minimum atomic E-state index is -0.937. The van der Waals surface area contributed by atoms with E-state index >= 15 is 0 Å². The zero-order chi connectivity index (χ0) is 19.3. The Morgan fingerprint density at radius 3 is 2.38 bits per heavy atom. The molecular weight excluding hydrogens is 336 g/mol. The first kappa shape index (κ1) is 18.6. The van der Waals surface area contributed by atoms with Gasteiger partial charge in [-0.05, 0) is 39.7 Å². The molecule has 3 aliphatic heterocycles. The lowest BCUT2D eigenvalue weighted by Crippen LogP contribution is -2.63. The molecule has 7 nitrogen and oxygen atoms in total. The summed E-state index contributed by atoms with van der Waals surface area (Å²) < 4.78 is 5.33. The van der Waals surface area contributed by atoms with Gasteiger partial charge in [0.1, 0.15) is 11.1 Å². The maximum atomic E-state index is 13.9. The SMILES string of the molecule is C=CC1=C([N+]2(C(C)(C)C)CCC3(CCN(C(=O)O)CC3)C2=O)COC1=O. The molecule has 0 bridgehead atoms. The van der Waals surface area contributed by atoms with Gasteiger partial charge in [0.2, 0.25) is 0 Å². The zero-order valence-corrected chi connectivity index (χ0v) is 15.7. The standard InChI is InChI=1S/C19H26N2O5/c1-5-13-14(12-26-15(13)22)21(18(2,3)4)11-8-19(16(21)23)6-9-20(10-7-19)17(24)25/h5H,1,6-12H2,2-4H3/p+1. The van der Waals surface area contributed by atoms with Crippen LogP contribution in [0.25, 0.3) is 0 Å². The maximum absolute atomic E-state index is 13.9. The predicted molar refractivity (Wildman–Crippen MR) is 94.0 cm³/mol. The second kappa shape index (κ2) is 5.94. The van der Waals surface area contributed by atoms with Gasteiger partial charge in [-0.25, -0.2) is 18.9 Å². The van der Waals surface area contributed by atoms with Crippen LogP contribution in [-0.2, 0) is 14.3 Å². The molecule has 2 fully saturated rings. The van der Waals surface area contributed by atoms with Crippen LogP contribution in [0.15, 0.2) is 23.9 Å². The van der Waals surface area contributed by atoms with Crippen molar-refractivity contribution in [1.29, 1.82) is 0 Å². The minimum absolute atomic E-state index is 0.0858. The summed E-state index contributed by atoms with van der Waals surface area (Å²) in [7, 11) is 0. The molecule has 3 rings (SSSR count). The third kappa shape index (κ3) is 2.40. The Morgan fingerprint density at radius 1 is 1.27 bits per heavy atom. The average molecular weight is 363 g/mol. The summed E-state index contributed by atoms with van der Waals surface area (Å²) in [6.07, 6.45) is 2.30. The van der Waals surface area contributed by atoms with Crippen LogP contribution in [0.1, 0.15) is 40.0 Å². The van der Waals surface area contributed by atoms with Crippen molar-refractivity contribution in [3.8, 4) is 0 Å². The van der Waals surface area contributed by atoms with Gasteiger partial charge in [0.25, 0.3) is 0 Å². The monoisotopic (exact) mass is 363 g/mol. The topological polar surface area (TPSA) is 83.9 Å². The average Bonchev–Trinajstić information content (AvgIpc) is 3.07. The van der Waals surface area contributed by atoms with E-state index < -0.39 is 23.0 Å². The molecule has 0 radical (unpaired) electrons. The van der Waals surface area contributed by atoms with E-state index in [2.05, 4.69) is 6.58 Å². The number of quaternary nitrogens is 1. The first-order valence-corrected chi connectivity index (χ1v) is 9.03. The molecule has 0 aromatic rings. The highest BCUT2D eigenvalue weighted by atomic mass is 16.5. The highest BCUT2D eigenvalue weighted by Gasteiger charge is 2.66. The van der Waals surface area contributed by atoms with Gasteiger partial charge in [-0.2, -0.15) is 0 Å². The van der Waals surface area contributed by atoms with E-state index in [1.165, 1.54) is 11.0 Å². The lowest BCUT2D eigenvalue weighted by molar-refractivity contribution is -0.859. The molecule has 3 aliphatic rings. The van der Waals surface area contributed by atoms with Gasteiger partial charge in [0.15, 0.2) is 12.3 Å².